The van der Waals surface area contributed by atoms with E-state index in [1.54, 1.807) is 24.1 Å². The Labute approximate surface area is 121 Å². The van der Waals surface area contributed by atoms with Gasteiger partial charge in [0.25, 0.3) is 0 Å². The van der Waals surface area contributed by atoms with E-state index in [2.05, 4.69) is 5.10 Å². The molecule has 0 saturated carbocycles. The number of benzene rings is 1. The van der Waals surface area contributed by atoms with Gasteiger partial charge in [0.1, 0.15) is 6.61 Å². The van der Waals surface area contributed by atoms with E-state index < -0.39 is 0 Å². The summed E-state index contributed by atoms with van der Waals surface area (Å²) >= 11 is 12.0. The maximum Gasteiger partial charge on any atom is 0.180 e. The molecule has 0 bridgehead atoms. The van der Waals surface area contributed by atoms with E-state index in [4.69, 9.17) is 32.7 Å². The average molecular weight is 301 g/mol. The number of methoxy groups -OCH3 is 1. The Morgan fingerprint density at radius 1 is 1.32 bits per heavy atom. The molecule has 4 nitrogen and oxygen atoms in total. The normalized spacial score (nSPS) is 10.5. The van der Waals surface area contributed by atoms with Gasteiger partial charge in [-0.15, -0.1) is 11.6 Å². The third-order valence-corrected chi connectivity index (χ3v) is 3.17. The molecule has 0 fully saturated rings. The molecule has 19 heavy (non-hydrogen) atoms. The van der Waals surface area contributed by atoms with Crippen LogP contribution < -0.4 is 9.47 Å². The molecular weight excluding hydrogens is 287 g/mol. The quantitative estimate of drug-likeness (QED) is 0.794. The number of aromatic nitrogens is 2. The molecular formula is C13H14Cl2N2O2. The number of aryl methyl sites for hydroxylation is 1. The SMILES string of the molecule is COc1cc(CCl)cc(Cl)c1OCc1cnn(C)c1. The van der Waals surface area contributed by atoms with Crippen molar-refractivity contribution < 1.29 is 9.47 Å². The number of nitrogens with zero attached hydrogens (tertiary/aromatic N) is 2. The molecule has 2 aromatic rings. The number of halogens is 2. The van der Waals surface area contributed by atoms with E-state index >= 15 is 0 Å². The number of hydrogen-bond donors (Lipinski definition) is 0. The van der Waals surface area contributed by atoms with Crippen LogP contribution in [0.2, 0.25) is 5.02 Å². The largest absolute Gasteiger partial charge is 0.493 e. The molecule has 0 aliphatic heterocycles. The molecule has 0 aliphatic carbocycles. The molecule has 0 N–H and O–H groups in total. The van der Waals surface area contributed by atoms with Crippen molar-refractivity contribution in [2.45, 2.75) is 12.5 Å². The van der Waals surface area contributed by atoms with E-state index in [0.717, 1.165) is 11.1 Å². The van der Waals surface area contributed by atoms with E-state index in [0.29, 0.717) is 29.0 Å². The molecule has 1 heterocycles. The van der Waals surface area contributed by atoms with E-state index in [1.165, 1.54) is 0 Å². The number of alkyl halides is 1. The topological polar surface area (TPSA) is 36.3 Å². The first-order chi connectivity index (χ1) is 9.13. The van der Waals surface area contributed by atoms with Crippen molar-refractivity contribution in [1.29, 1.82) is 0 Å². The van der Waals surface area contributed by atoms with Gasteiger partial charge in [0.05, 0.1) is 18.3 Å². The maximum atomic E-state index is 6.18. The average Bonchev–Trinajstić information content (AvgIpc) is 2.82. The predicted octanol–water partition coefficient (Wildman–Crippen LogP) is 3.40. The molecule has 0 radical (unpaired) electrons. The van der Waals surface area contributed by atoms with Crippen LogP contribution in [0.4, 0.5) is 0 Å². The van der Waals surface area contributed by atoms with Gasteiger partial charge in [-0.1, -0.05) is 11.6 Å². The summed E-state index contributed by atoms with van der Waals surface area (Å²) in [5, 5.41) is 4.56. The van der Waals surface area contributed by atoms with Crippen molar-refractivity contribution in [3.05, 3.63) is 40.7 Å². The summed E-state index contributed by atoms with van der Waals surface area (Å²) < 4.78 is 12.7. The summed E-state index contributed by atoms with van der Waals surface area (Å²) in [5.41, 5.74) is 1.85. The molecule has 0 saturated heterocycles. The van der Waals surface area contributed by atoms with Crippen molar-refractivity contribution in [2.75, 3.05) is 7.11 Å². The van der Waals surface area contributed by atoms with E-state index in [-0.39, 0.29) is 0 Å². The van der Waals surface area contributed by atoms with Gasteiger partial charge in [0.2, 0.25) is 0 Å². The molecule has 6 heteroatoms. The summed E-state index contributed by atoms with van der Waals surface area (Å²) in [6.07, 6.45) is 3.63. The highest BCUT2D eigenvalue weighted by Crippen LogP contribution is 2.37. The van der Waals surface area contributed by atoms with Crippen LogP contribution in [0.15, 0.2) is 24.5 Å². The molecule has 0 unspecified atom stereocenters. The van der Waals surface area contributed by atoms with Crippen LogP contribution in [0, 0.1) is 0 Å². The molecule has 0 atom stereocenters. The summed E-state index contributed by atoms with van der Waals surface area (Å²) in [6, 6.07) is 3.59. The standard InChI is InChI=1S/C13H14Cl2N2O2/c1-17-7-10(6-16-17)8-19-13-11(15)3-9(5-14)4-12(13)18-2/h3-4,6-7H,5,8H2,1-2H3. The van der Waals surface area contributed by atoms with Crippen molar-refractivity contribution in [2.24, 2.45) is 7.05 Å². The summed E-state index contributed by atoms with van der Waals surface area (Å²) in [6.45, 7) is 0.379. The number of hydrogen-bond acceptors (Lipinski definition) is 3. The number of rotatable bonds is 5. The van der Waals surface area contributed by atoms with Gasteiger partial charge in [0, 0.05) is 24.7 Å². The minimum absolute atomic E-state index is 0.374. The molecule has 102 valence electrons. The lowest BCUT2D eigenvalue weighted by atomic mass is 10.2. The highest BCUT2D eigenvalue weighted by Gasteiger charge is 2.12. The fourth-order valence-corrected chi connectivity index (χ4v) is 2.13. The second kappa shape index (κ2) is 6.17. The highest BCUT2D eigenvalue weighted by atomic mass is 35.5. The fraction of sp³-hybridized carbons (Fsp3) is 0.308. The van der Waals surface area contributed by atoms with Crippen LogP contribution in [0.25, 0.3) is 0 Å². The zero-order valence-electron chi connectivity index (χ0n) is 10.7. The van der Waals surface area contributed by atoms with Gasteiger partial charge >= 0.3 is 0 Å². The van der Waals surface area contributed by atoms with Crippen molar-refractivity contribution in [1.82, 2.24) is 9.78 Å². The molecule has 0 amide bonds. The Kier molecular flexibility index (Phi) is 4.56. The lowest BCUT2D eigenvalue weighted by molar-refractivity contribution is 0.284. The summed E-state index contributed by atoms with van der Waals surface area (Å²) in [5.74, 6) is 1.47. The van der Waals surface area contributed by atoms with Crippen molar-refractivity contribution in [3.8, 4) is 11.5 Å². The molecule has 0 aliphatic rings. The van der Waals surface area contributed by atoms with Crippen LogP contribution in [0.1, 0.15) is 11.1 Å². The molecule has 2 rings (SSSR count). The van der Waals surface area contributed by atoms with Crippen LogP contribution in [0.3, 0.4) is 0 Å². The first kappa shape index (κ1) is 14.0. The zero-order chi connectivity index (χ0) is 13.8. The fourth-order valence-electron chi connectivity index (χ4n) is 1.69. The Morgan fingerprint density at radius 2 is 2.11 bits per heavy atom. The molecule has 0 spiro atoms. The van der Waals surface area contributed by atoms with Gasteiger partial charge in [-0.3, -0.25) is 4.68 Å². The lowest BCUT2D eigenvalue weighted by Gasteiger charge is -2.13. The monoisotopic (exact) mass is 300 g/mol. The Bertz CT molecular complexity index is 570. The van der Waals surface area contributed by atoms with Gasteiger partial charge in [-0.25, -0.2) is 0 Å². The van der Waals surface area contributed by atoms with Crippen molar-refractivity contribution in [3.63, 3.8) is 0 Å². The second-order valence-corrected chi connectivity index (χ2v) is 4.73. The van der Waals surface area contributed by atoms with Crippen LogP contribution in [-0.4, -0.2) is 16.9 Å². The highest BCUT2D eigenvalue weighted by molar-refractivity contribution is 6.32. The Balaban J connectivity index is 2.19. The van der Waals surface area contributed by atoms with Crippen LogP contribution in [0.5, 0.6) is 11.5 Å². The maximum absolute atomic E-state index is 6.18. The third kappa shape index (κ3) is 3.33. The van der Waals surface area contributed by atoms with Gasteiger partial charge < -0.3 is 9.47 Å². The van der Waals surface area contributed by atoms with Gasteiger partial charge in [0.15, 0.2) is 11.5 Å². The van der Waals surface area contributed by atoms with Crippen LogP contribution in [-0.2, 0) is 19.5 Å². The second-order valence-electron chi connectivity index (χ2n) is 4.05. The van der Waals surface area contributed by atoms with E-state index in [9.17, 15) is 0 Å². The Morgan fingerprint density at radius 3 is 2.68 bits per heavy atom. The first-order valence-corrected chi connectivity index (χ1v) is 6.58. The summed E-state index contributed by atoms with van der Waals surface area (Å²) in [4.78, 5) is 0. The molecule has 1 aromatic carbocycles. The smallest absolute Gasteiger partial charge is 0.180 e. The third-order valence-electron chi connectivity index (χ3n) is 2.59. The minimum atomic E-state index is 0.374. The first-order valence-electron chi connectivity index (χ1n) is 5.66. The lowest BCUT2D eigenvalue weighted by Crippen LogP contribution is -1.98. The van der Waals surface area contributed by atoms with Crippen LogP contribution >= 0.6 is 23.2 Å². The van der Waals surface area contributed by atoms with Gasteiger partial charge in [-0.2, -0.15) is 5.10 Å². The molecule has 1 aromatic heterocycles. The predicted molar refractivity (Wildman–Crippen MR) is 75.1 cm³/mol. The zero-order valence-corrected chi connectivity index (χ0v) is 12.2. The Hall–Kier alpha value is -1.39. The minimum Gasteiger partial charge on any atom is -0.493 e. The van der Waals surface area contributed by atoms with Gasteiger partial charge in [-0.05, 0) is 17.7 Å². The van der Waals surface area contributed by atoms with Crippen molar-refractivity contribution >= 4 is 23.2 Å². The summed E-state index contributed by atoms with van der Waals surface area (Å²) in [7, 11) is 3.42. The number of ether oxygens (including phenoxy) is 2. The van der Waals surface area contributed by atoms with E-state index in [1.807, 2.05) is 19.3 Å².